The Morgan fingerprint density at radius 2 is 0.768 bits per heavy atom. The van der Waals surface area contributed by atoms with E-state index in [2.05, 4.69) is 268 Å². The van der Waals surface area contributed by atoms with Crippen LogP contribution in [0.15, 0.2) is 231 Å². The van der Waals surface area contributed by atoms with Crippen molar-refractivity contribution < 1.29 is 0 Å². The fourth-order valence-corrected chi connectivity index (χ4v) is 11.9. The topological polar surface area (TPSA) is 6.48 Å². The molecule has 330 valence electrons. The predicted molar refractivity (Wildman–Crippen MR) is 293 cm³/mol. The second-order valence-corrected chi connectivity index (χ2v) is 19.6. The van der Waals surface area contributed by atoms with Crippen LogP contribution in [0.1, 0.15) is 72.9 Å². The van der Waals surface area contributed by atoms with Crippen LogP contribution in [0, 0.1) is 0 Å². The summed E-state index contributed by atoms with van der Waals surface area (Å²) in [4.78, 5) is 4.81. The fourth-order valence-electron chi connectivity index (χ4n) is 11.9. The van der Waals surface area contributed by atoms with Gasteiger partial charge in [0.25, 0.3) is 0 Å². The van der Waals surface area contributed by atoms with Crippen LogP contribution in [-0.2, 0) is 5.41 Å². The van der Waals surface area contributed by atoms with Gasteiger partial charge >= 0.3 is 0 Å². The Hall–Kier alpha value is -8.20. The van der Waals surface area contributed by atoms with Gasteiger partial charge in [0.1, 0.15) is 0 Å². The summed E-state index contributed by atoms with van der Waals surface area (Å²) in [6, 6.07) is 86.7. The second-order valence-electron chi connectivity index (χ2n) is 19.6. The summed E-state index contributed by atoms with van der Waals surface area (Å²) in [7, 11) is 0. The minimum atomic E-state index is -0.566. The van der Waals surface area contributed by atoms with Crippen molar-refractivity contribution in [2.45, 2.75) is 44.9 Å². The Kier molecular flexibility index (Phi) is 9.49. The van der Waals surface area contributed by atoms with E-state index in [0.29, 0.717) is 11.8 Å². The number of anilines is 6. The van der Waals surface area contributed by atoms with Gasteiger partial charge in [0.2, 0.25) is 0 Å². The molecule has 0 radical (unpaired) electrons. The number of rotatable bonds is 8. The number of hydrogen-bond acceptors (Lipinski definition) is 2. The van der Waals surface area contributed by atoms with Gasteiger partial charge in [0, 0.05) is 34.1 Å². The van der Waals surface area contributed by atoms with Crippen molar-refractivity contribution in [3.8, 4) is 22.3 Å². The number of benzene rings is 11. The maximum atomic E-state index is 2.55. The van der Waals surface area contributed by atoms with Gasteiger partial charge in [0.15, 0.2) is 0 Å². The quantitative estimate of drug-likeness (QED) is 0.140. The fraction of sp³-hybridized carbons (Fsp3) is 0.104. The van der Waals surface area contributed by atoms with E-state index in [0.717, 1.165) is 34.1 Å². The summed E-state index contributed by atoms with van der Waals surface area (Å²) in [5, 5.41) is 7.52. The Bertz CT molecular complexity index is 3730. The molecule has 0 amide bonds. The van der Waals surface area contributed by atoms with Crippen LogP contribution in [0.25, 0.3) is 54.6 Å². The van der Waals surface area contributed by atoms with Gasteiger partial charge in [-0.2, -0.15) is 0 Å². The summed E-state index contributed by atoms with van der Waals surface area (Å²) < 4.78 is 0. The van der Waals surface area contributed by atoms with Crippen molar-refractivity contribution in [1.82, 2.24) is 0 Å². The summed E-state index contributed by atoms with van der Waals surface area (Å²) in [5.41, 5.74) is 19.6. The average molecular weight is 885 g/mol. The molecule has 0 fully saturated rings. The number of nitrogens with zero attached hydrogens (tertiary/aromatic N) is 2. The lowest BCUT2D eigenvalue weighted by atomic mass is 9.69. The Morgan fingerprint density at radius 3 is 1.33 bits per heavy atom. The monoisotopic (exact) mass is 884 g/mol. The Balaban J connectivity index is 1.09. The van der Waals surface area contributed by atoms with E-state index in [1.807, 2.05) is 0 Å². The molecule has 0 N–H and O–H groups in total. The van der Waals surface area contributed by atoms with Crippen LogP contribution in [0.2, 0.25) is 0 Å². The zero-order valence-electron chi connectivity index (χ0n) is 39.5. The van der Waals surface area contributed by atoms with Gasteiger partial charge in [0.05, 0.1) is 5.41 Å². The van der Waals surface area contributed by atoms with Crippen LogP contribution in [-0.4, -0.2) is 0 Å². The van der Waals surface area contributed by atoms with E-state index in [-0.39, 0.29) is 0 Å². The minimum absolute atomic E-state index is 0.455. The molecule has 0 bridgehead atoms. The first-order valence-corrected chi connectivity index (χ1v) is 24.6. The molecule has 2 aliphatic carbocycles. The highest BCUT2D eigenvalue weighted by atomic mass is 15.1. The lowest BCUT2D eigenvalue weighted by Gasteiger charge is -2.32. The SMILES string of the molecule is CC(C)c1ccc(N(c2ccccc2)c2ccc3cc4c(cc3c2)C2(c3ccccc3-c3ccccc32)c2c-4c3ccccc3c3cc(N(c4ccccc4)c4ccc(C(C)C)cc4)ccc23)cc1. The van der Waals surface area contributed by atoms with Gasteiger partial charge in [-0.3, -0.25) is 0 Å². The summed E-state index contributed by atoms with van der Waals surface area (Å²) >= 11 is 0. The van der Waals surface area contributed by atoms with Gasteiger partial charge in [-0.15, -0.1) is 0 Å². The van der Waals surface area contributed by atoms with Crippen LogP contribution < -0.4 is 9.80 Å². The third-order valence-corrected chi connectivity index (χ3v) is 15.2. The molecular weight excluding hydrogens is 833 g/mol. The largest absolute Gasteiger partial charge is 0.310 e. The standard InChI is InChI=1S/C67H52N2/c1-43(2)45-27-32-51(33-28-45)68(49-17-7-5-8-18-49)53-36-31-47-40-61-64(41-48(47)39-53)67(62-25-15-13-22-56(62)57-23-14-16-26-63(57)67)66-59-38-37-54(42-60(59)55-21-11-12-24-58(55)65(61)66)69(50-19-9-6-10-20-50)52-34-29-46(30-35-52)44(3)4/h5-44H,1-4H3. The average Bonchev–Trinajstić information content (AvgIpc) is 3.86. The van der Waals surface area contributed by atoms with E-state index in [1.165, 1.54) is 88.0 Å². The molecule has 1 spiro atoms. The molecule has 2 heteroatoms. The predicted octanol–water partition coefficient (Wildman–Crippen LogP) is 18.7. The third-order valence-electron chi connectivity index (χ3n) is 15.2. The molecule has 11 aromatic rings. The molecule has 69 heavy (non-hydrogen) atoms. The van der Waals surface area contributed by atoms with E-state index >= 15 is 0 Å². The highest BCUT2D eigenvalue weighted by Crippen LogP contribution is 2.66. The molecule has 11 aromatic carbocycles. The molecule has 13 rings (SSSR count). The maximum Gasteiger partial charge on any atom is 0.0731 e. The second kappa shape index (κ2) is 16.0. The van der Waals surface area contributed by atoms with E-state index in [4.69, 9.17) is 0 Å². The molecule has 0 saturated heterocycles. The van der Waals surface area contributed by atoms with E-state index < -0.39 is 5.41 Å². The van der Waals surface area contributed by atoms with Crippen molar-refractivity contribution in [1.29, 1.82) is 0 Å². The molecule has 0 aromatic heterocycles. The number of fused-ring (bicyclic) bond motifs is 16. The minimum Gasteiger partial charge on any atom is -0.310 e. The molecule has 0 saturated carbocycles. The molecular formula is C67H52N2. The highest BCUT2D eigenvalue weighted by Gasteiger charge is 2.53. The molecule has 0 unspecified atom stereocenters. The van der Waals surface area contributed by atoms with Crippen LogP contribution in [0.4, 0.5) is 34.1 Å². The molecule has 0 atom stereocenters. The van der Waals surface area contributed by atoms with Gasteiger partial charge < -0.3 is 9.80 Å². The Morgan fingerprint density at radius 1 is 0.304 bits per heavy atom. The first kappa shape index (κ1) is 41.0. The zero-order chi connectivity index (χ0) is 46.4. The molecule has 0 aliphatic heterocycles. The van der Waals surface area contributed by atoms with Crippen LogP contribution in [0.3, 0.4) is 0 Å². The van der Waals surface area contributed by atoms with Gasteiger partial charge in [-0.25, -0.2) is 0 Å². The first-order chi connectivity index (χ1) is 33.9. The first-order valence-electron chi connectivity index (χ1n) is 24.6. The number of para-hydroxylation sites is 2. The summed E-state index contributed by atoms with van der Waals surface area (Å²) in [6.45, 7) is 9.04. The van der Waals surface area contributed by atoms with E-state index in [1.54, 1.807) is 0 Å². The highest BCUT2D eigenvalue weighted by molar-refractivity contribution is 6.21. The normalized spacial score (nSPS) is 13.0. The lowest BCUT2D eigenvalue weighted by molar-refractivity contribution is 0.803. The maximum absolute atomic E-state index is 2.55. The zero-order valence-corrected chi connectivity index (χ0v) is 39.5. The van der Waals surface area contributed by atoms with Gasteiger partial charge in [-0.1, -0.05) is 173 Å². The van der Waals surface area contributed by atoms with Crippen molar-refractivity contribution in [2.75, 3.05) is 9.80 Å². The van der Waals surface area contributed by atoms with Crippen molar-refractivity contribution >= 4 is 66.4 Å². The summed E-state index contributed by atoms with van der Waals surface area (Å²) in [5.74, 6) is 0.916. The van der Waals surface area contributed by atoms with Crippen molar-refractivity contribution in [2.24, 2.45) is 0 Å². The molecule has 2 aliphatic rings. The third kappa shape index (κ3) is 6.25. The van der Waals surface area contributed by atoms with E-state index in [9.17, 15) is 0 Å². The van der Waals surface area contributed by atoms with Gasteiger partial charge in [-0.05, 0) is 185 Å². The molecule has 0 heterocycles. The van der Waals surface area contributed by atoms with Crippen molar-refractivity contribution in [3.05, 3.63) is 264 Å². The number of hydrogen-bond donors (Lipinski definition) is 0. The molecule has 2 nitrogen and oxygen atoms in total. The summed E-state index contributed by atoms with van der Waals surface area (Å²) in [6.07, 6.45) is 0. The smallest absolute Gasteiger partial charge is 0.0731 e. The lowest BCUT2D eigenvalue weighted by Crippen LogP contribution is -2.26. The van der Waals surface area contributed by atoms with Crippen molar-refractivity contribution in [3.63, 3.8) is 0 Å². The van der Waals surface area contributed by atoms with Crippen LogP contribution in [0.5, 0.6) is 0 Å². The van der Waals surface area contributed by atoms with Crippen LogP contribution >= 0.6 is 0 Å². The Labute approximate surface area is 405 Å².